The molecule has 0 spiro atoms. The summed E-state index contributed by atoms with van der Waals surface area (Å²) in [6.07, 6.45) is 0. The van der Waals surface area contributed by atoms with Gasteiger partial charge in [0, 0.05) is 12.9 Å². The quantitative estimate of drug-likeness (QED) is 0.623. The van der Waals surface area contributed by atoms with Crippen molar-refractivity contribution in [2.24, 2.45) is 0 Å². The lowest BCUT2D eigenvalue weighted by molar-refractivity contribution is -0.145. The van der Waals surface area contributed by atoms with E-state index in [-0.39, 0.29) is 11.7 Å². The number of amides is 1. The van der Waals surface area contributed by atoms with E-state index in [2.05, 4.69) is 5.32 Å². The summed E-state index contributed by atoms with van der Waals surface area (Å²) >= 11 is 1.41. The Hall–Kier alpha value is -0.750. The summed E-state index contributed by atoms with van der Waals surface area (Å²) < 4.78 is 4.82. The Morgan fingerprint density at radius 1 is 1.47 bits per heavy atom. The average Bonchev–Trinajstić information content (AvgIpc) is 2.11. The molecule has 0 aromatic rings. The Balaban J connectivity index is 3.79. The van der Waals surface area contributed by atoms with Gasteiger partial charge in [0.1, 0.15) is 5.54 Å². The van der Waals surface area contributed by atoms with Gasteiger partial charge in [0.05, 0.1) is 12.4 Å². The van der Waals surface area contributed by atoms with Crippen molar-refractivity contribution in [1.29, 1.82) is 0 Å². The van der Waals surface area contributed by atoms with Crippen LogP contribution in [0.25, 0.3) is 0 Å². The van der Waals surface area contributed by atoms with Crippen molar-refractivity contribution in [1.82, 2.24) is 5.32 Å². The molecule has 0 aliphatic rings. The molecule has 6 heteroatoms. The zero-order valence-electron chi connectivity index (χ0n) is 9.20. The van der Waals surface area contributed by atoms with E-state index in [1.165, 1.54) is 25.6 Å². The fourth-order valence-corrected chi connectivity index (χ4v) is 1.43. The second kappa shape index (κ2) is 6.68. The molecule has 0 saturated carbocycles. The molecule has 0 atom stereocenters. The molecule has 0 aliphatic heterocycles. The zero-order chi connectivity index (χ0) is 11.9. The lowest BCUT2D eigenvalue weighted by Crippen LogP contribution is -2.50. The number of carbonyl (C=O) groups is 2. The monoisotopic (exact) mass is 235 g/mol. The Kier molecular flexibility index (Phi) is 6.35. The van der Waals surface area contributed by atoms with Crippen LogP contribution in [0.4, 0.5) is 0 Å². The van der Waals surface area contributed by atoms with Crippen LogP contribution in [0, 0.1) is 0 Å². The molecule has 2 N–H and O–H groups in total. The normalized spacial score (nSPS) is 11.1. The summed E-state index contributed by atoms with van der Waals surface area (Å²) in [6.45, 7) is 3.49. The van der Waals surface area contributed by atoms with E-state index in [1.54, 1.807) is 7.11 Å². The summed E-state index contributed by atoms with van der Waals surface area (Å²) in [4.78, 5) is 22.0. The van der Waals surface area contributed by atoms with Crippen LogP contribution < -0.4 is 5.32 Å². The highest BCUT2D eigenvalue weighted by atomic mass is 32.2. The molecule has 0 bridgehead atoms. The van der Waals surface area contributed by atoms with Crippen molar-refractivity contribution < 1.29 is 19.4 Å². The molecule has 0 radical (unpaired) electrons. The second-order valence-electron chi connectivity index (χ2n) is 3.52. The van der Waals surface area contributed by atoms with E-state index in [9.17, 15) is 9.59 Å². The molecule has 0 heterocycles. The number of carboxylic acid groups (broad SMARTS) is 1. The van der Waals surface area contributed by atoms with Gasteiger partial charge in [-0.1, -0.05) is 0 Å². The van der Waals surface area contributed by atoms with Crippen LogP contribution in [0.3, 0.4) is 0 Å². The van der Waals surface area contributed by atoms with Crippen LogP contribution in [0.2, 0.25) is 0 Å². The zero-order valence-corrected chi connectivity index (χ0v) is 10.0. The summed E-state index contributed by atoms with van der Waals surface area (Å²) in [5.74, 6) is -0.349. The number of aliphatic carboxylic acids is 1. The van der Waals surface area contributed by atoms with E-state index in [1.807, 2.05) is 0 Å². The van der Waals surface area contributed by atoms with Gasteiger partial charge in [0.2, 0.25) is 5.91 Å². The van der Waals surface area contributed by atoms with Crippen LogP contribution in [-0.4, -0.2) is 47.7 Å². The van der Waals surface area contributed by atoms with Gasteiger partial charge in [-0.25, -0.2) is 4.79 Å². The van der Waals surface area contributed by atoms with Crippen LogP contribution in [0.5, 0.6) is 0 Å². The molecule has 0 aromatic carbocycles. The number of hydrogen-bond donors (Lipinski definition) is 2. The minimum Gasteiger partial charge on any atom is -0.480 e. The largest absolute Gasteiger partial charge is 0.480 e. The highest BCUT2D eigenvalue weighted by molar-refractivity contribution is 7.99. The van der Waals surface area contributed by atoms with Gasteiger partial charge < -0.3 is 15.2 Å². The number of hydrogen-bond acceptors (Lipinski definition) is 4. The summed E-state index contributed by atoms with van der Waals surface area (Å²) in [5.41, 5.74) is -1.21. The maximum Gasteiger partial charge on any atom is 0.328 e. The molecular formula is C9H17NO4S. The van der Waals surface area contributed by atoms with E-state index in [4.69, 9.17) is 9.84 Å². The van der Waals surface area contributed by atoms with Crippen LogP contribution in [0.1, 0.15) is 13.8 Å². The lowest BCUT2D eigenvalue weighted by atomic mass is 10.1. The molecule has 1 amide bonds. The third-order valence-corrected chi connectivity index (χ3v) is 2.57. The maximum absolute atomic E-state index is 11.3. The first-order valence-corrected chi connectivity index (χ1v) is 5.66. The molecule has 88 valence electrons. The van der Waals surface area contributed by atoms with Crippen molar-refractivity contribution >= 4 is 23.6 Å². The molecular weight excluding hydrogens is 218 g/mol. The molecule has 0 aromatic heterocycles. The Bertz CT molecular complexity index is 230. The molecule has 5 nitrogen and oxygen atoms in total. The minimum absolute atomic E-state index is 0.250. The number of thioether (sulfide) groups is 1. The third-order valence-electron chi connectivity index (χ3n) is 1.65. The standard InChI is InChI=1S/C9H17NO4S/c1-9(2,8(12)13)10-7(11)6-15-5-4-14-3/h4-6H2,1-3H3,(H,10,11)(H,12,13). The number of methoxy groups -OCH3 is 1. The van der Waals surface area contributed by atoms with Crippen LogP contribution in [0.15, 0.2) is 0 Å². The first-order valence-electron chi connectivity index (χ1n) is 4.51. The van der Waals surface area contributed by atoms with Crippen molar-refractivity contribution in [3.8, 4) is 0 Å². The van der Waals surface area contributed by atoms with Crippen molar-refractivity contribution in [3.63, 3.8) is 0 Å². The molecule has 0 unspecified atom stereocenters. The fourth-order valence-electron chi connectivity index (χ4n) is 0.745. The smallest absolute Gasteiger partial charge is 0.328 e. The highest BCUT2D eigenvalue weighted by Gasteiger charge is 2.28. The van der Waals surface area contributed by atoms with Crippen molar-refractivity contribution in [3.05, 3.63) is 0 Å². The molecule has 0 saturated heterocycles. The topological polar surface area (TPSA) is 75.6 Å². The lowest BCUT2D eigenvalue weighted by Gasteiger charge is -2.20. The van der Waals surface area contributed by atoms with Crippen molar-refractivity contribution in [2.75, 3.05) is 25.2 Å². The number of rotatable bonds is 7. The molecule has 0 fully saturated rings. The second-order valence-corrected chi connectivity index (χ2v) is 4.63. The number of ether oxygens (including phenoxy) is 1. The van der Waals surface area contributed by atoms with Gasteiger partial charge in [-0.05, 0) is 13.8 Å². The van der Waals surface area contributed by atoms with E-state index >= 15 is 0 Å². The predicted octanol–water partition coefficient (Wildman–Crippen LogP) is 0.345. The summed E-state index contributed by atoms with van der Waals surface area (Å²) in [5, 5.41) is 11.2. The predicted molar refractivity (Wildman–Crippen MR) is 59.1 cm³/mol. The summed E-state index contributed by atoms with van der Waals surface area (Å²) in [6, 6.07) is 0. The van der Waals surface area contributed by atoms with Gasteiger partial charge in [0.25, 0.3) is 0 Å². The van der Waals surface area contributed by atoms with Crippen molar-refractivity contribution in [2.45, 2.75) is 19.4 Å². The minimum atomic E-state index is -1.21. The number of carbonyl (C=O) groups excluding carboxylic acids is 1. The van der Waals surface area contributed by atoms with Crippen LogP contribution >= 0.6 is 11.8 Å². The Labute approximate surface area is 93.6 Å². The summed E-state index contributed by atoms with van der Waals surface area (Å²) in [7, 11) is 1.59. The van der Waals surface area contributed by atoms with Gasteiger partial charge in [-0.2, -0.15) is 0 Å². The maximum atomic E-state index is 11.3. The molecule has 0 aliphatic carbocycles. The SMILES string of the molecule is COCCSCC(=O)NC(C)(C)C(=O)O. The first-order chi connectivity index (χ1) is 6.90. The third kappa shape index (κ3) is 6.35. The van der Waals surface area contributed by atoms with E-state index in [0.29, 0.717) is 6.61 Å². The first kappa shape index (κ1) is 14.2. The molecule has 0 rings (SSSR count). The van der Waals surface area contributed by atoms with Gasteiger partial charge in [-0.3, -0.25) is 4.79 Å². The van der Waals surface area contributed by atoms with E-state index in [0.717, 1.165) is 5.75 Å². The number of carboxylic acids is 1. The van der Waals surface area contributed by atoms with E-state index < -0.39 is 11.5 Å². The average molecular weight is 235 g/mol. The van der Waals surface area contributed by atoms with Gasteiger partial charge in [-0.15, -0.1) is 11.8 Å². The Morgan fingerprint density at radius 2 is 2.07 bits per heavy atom. The number of nitrogens with one attached hydrogen (secondary N) is 1. The molecule has 15 heavy (non-hydrogen) atoms. The van der Waals surface area contributed by atoms with Crippen LogP contribution in [-0.2, 0) is 14.3 Å². The van der Waals surface area contributed by atoms with Gasteiger partial charge in [0.15, 0.2) is 0 Å². The fraction of sp³-hybridized carbons (Fsp3) is 0.778. The highest BCUT2D eigenvalue weighted by Crippen LogP contribution is 2.04. The Morgan fingerprint density at radius 3 is 2.53 bits per heavy atom. The van der Waals surface area contributed by atoms with Gasteiger partial charge >= 0.3 is 5.97 Å².